The van der Waals surface area contributed by atoms with Crippen molar-refractivity contribution in [2.45, 2.75) is 31.2 Å². The maximum atomic E-state index is 12.5. The monoisotopic (exact) mass is 256 g/mol. The molecule has 0 radical (unpaired) electrons. The van der Waals surface area contributed by atoms with Crippen LogP contribution in [0, 0.1) is 5.92 Å². The standard InChI is InChI=1S/C16H20N2O/c19-16(17-15-10-18-8-7-12(15)9-18)14-6-5-11-3-1-2-4-13(11)14/h1-4,12,14-15H,5-10H2,(H,17,19)/t12-,14?,15?/m0/s1. The quantitative estimate of drug-likeness (QED) is 0.870. The fraction of sp³-hybridized carbons (Fsp3) is 0.562. The molecule has 1 amide bonds. The molecule has 2 bridgehead atoms. The summed E-state index contributed by atoms with van der Waals surface area (Å²) in [6, 6.07) is 8.80. The first-order valence-electron chi connectivity index (χ1n) is 7.42. The van der Waals surface area contributed by atoms with Crippen LogP contribution in [0.3, 0.4) is 0 Å². The van der Waals surface area contributed by atoms with Gasteiger partial charge in [-0.3, -0.25) is 4.79 Å². The Morgan fingerprint density at radius 1 is 1.21 bits per heavy atom. The predicted molar refractivity (Wildman–Crippen MR) is 74.0 cm³/mol. The van der Waals surface area contributed by atoms with Gasteiger partial charge >= 0.3 is 0 Å². The summed E-state index contributed by atoms with van der Waals surface area (Å²) in [5.41, 5.74) is 2.61. The summed E-state index contributed by atoms with van der Waals surface area (Å²) in [4.78, 5) is 15.0. The molecule has 19 heavy (non-hydrogen) atoms. The van der Waals surface area contributed by atoms with Crippen molar-refractivity contribution < 1.29 is 4.79 Å². The van der Waals surface area contributed by atoms with Crippen molar-refractivity contribution in [3.8, 4) is 0 Å². The van der Waals surface area contributed by atoms with Crippen LogP contribution in [0.25, 0.3) is 0 Å². The van der Waals surface area contributed by atoms with Crippen LogP contribution < -0.4 is 5.32 Å². The predicted octanol–water partition coefficient (Wildman–Crippen LogP) is 1.54. The van der Waals surface area contributed by atoms with Gasteiger partial charge in [-0.25, -0.2) is 0 Å². The van der Waals surface area contributed by atoms with Gasteiger partial charge in [-0.15, -0.1) is 0 Å². The number of aryl methyl sites for hydroxylation is 1. The van der Waals surface area contributed by atoms with Crippen molar-refractivity contribution in [3.63, 3.8) is 0 Å². The Hall–Kier alpha value is -1.35. The van der Waals surface area contributed by atoms with E-state index in [0.29, 0.717) is 12.0 Å². The zero-order valence-corrected chi connectivity index (χ0v) is 11.1. The van der Waals surface area contributed by atoms with E-state index in [0.717, 1.165) is 19.4 Å². The molecule has 1 aliphatic carbocycles. The molecule has 3 heteroatoms. The summed E-state index contributed by atoms with van der Waals surface area (Å²) < 4.78 is 0. The Balaban J connectivity index is 1.47. The Kier molecular flexibility index (Phi) is 2.62. The van der Waals surface area contributed by atoms with E-state index in [1.165, 1.54) is 30.6 Å². The van der Waals surface area contributed by atoms with Crippen LogP contribution in [0.4, 0.5) is 0 Å². The lowest BCUT2D eigenvalue weighted by Gasteiger charge is -2.24. The fourth-order valence-electron chi connectivity index (χ4n) is 4.06. The fourth-order valence-corrected chi connectivity index (χ4v) is 4.06. The molecule has 1 aromatic rings. The molecule has 0 spiro atoms. The second-order valence-corrected chi connectivity index (χ2v) is 6.21. The number of carbonyl (C=O) groups is 1. The molecule has 0 aromatic heterocycles. The lowest BCUT2D eigenvalue weighted by Crippen LogP contribution is -2.44. The summed E-state index contributed by atoms with van der Waals surface area (Å²) in [5, 5.41) is 3.31. The number of nitrogens with one attached hydrogen (secondary N) is 1. The molecule has 3 unspecified atom stereocenters. The summed E-state index contributed by atoms with van der Waals surface area (Å²) in [6.07, 6.45) is 3.28. The Morgan fingerprint density at radius 3 is 2.89 bits per heavy atom. The summed E-state index contributed by atoms with van der Waals surface area (Å²) in [7, 11) is 0. The topological polar surface area (TPSA) is 32.3 Å². The number of carbonyl (C=O) groups excluding carboxylic acids is 1. The number of piperidine rings is 1. The van der Waals surface area contributed by atoms with Gasteiger partial charge in [0, 0.05) is 19.1 Å². The molecule has 2 aliphatic heterocycles. The summed E-state index contributed by atoms with van der Waals surface area (Å²) in [6.45, 7) is 3.47. The highest BCUT2D eigenvalue weighted by atomic mass is 16.2. The molecule has 4 atom stereocenters. The third-order valence-electron chi connectivity index (χ3n) is 5.11. The van der Waals surface area contributed by atoms with Gasteiger partial charge in [0.15, 0.2) is 0 Å². The zero-order chi connectivity index (χ0) is 12.8. The average Bonchev–Trinajstić information content (AvgIpc) is 3.13. The van der Waals surface area contributed by atoms with Crippen LogP contribution in [0.5, 0.6) is 0 Å². The Labute approximate surface area is 114 Å². The van der Waals surface area contributed by atoms with Crippen molar-refractivity contribution in [1.29, 1.82) is 0 Å². The van der Waals surface area contributed by atoms with E-state index in [-0.39, 0.29) is 11.8 Å². The minimum Gasteiger partial charge on any atom is -0.351 e. The van der Waals surface area contributed by atoms with Crippen molar-refractivity contribution in [2.75, 3.05) is 19.6 Å². The Bertz CT molecular complexity index is 513. The number of rotatable bonds is 2. The normalized spacial score (nSPS) is 35.4. The molecular weight excluding hydrogens is 236 g/mol. The third-order valence-corrected chi connectivity index (χ3v) is 5.11. The van der Waals surface area contributed by atoms with Crippen molar-refractivity contribution in [3.05, 3.63) is 35.4 Å². The molecule has 1 aromatic carbocycles. The van der Waals surface area contributed by atoms with E-state index >= 15 is 0 Å². The van der Waals surface area contributed by atoms with Gasteiger partial charge in [-0.2, -0.15) is 0 Å². The minimum atomic E-state index is 0.0883. The van der Waals surface area contributed by atoms with Crippen LogP contribution >= 0.6 is 0 Å². The molecule has 3 nitrogen and oxygen atoms in total. The number of amides is 1. The van der Waals surface area contributed by atoms with Crippen LogP contribution in [0.15, 0.2) is 24.3 Å². The SMILES string of the molecule is O=C(NC1CN2CC[C@H]1C2)C1CCc2ccccc21. The number of benzene rings is 1. The number of hydrogen-bond donors (Lipinski definition) is 1. The van der Waals surface area contributed by atoms with E-state index in [1.807, 2.05) is 6.07 Å². The van der Waals surface area contributed by atoms with Gasteiger partial charge in [-0.05, 0) is 42.9 Å². The summed E-state index contributed by atoms with van der Waals surface area (Å²) in [5.74, 6) is 1.04. The van der Waals surface area contributed by atoms with E-state index in [2.05, 4.69) is 28.4 Å². The second-order valence-electron chi connectivity index (χ2n) is 6.21. The molecule has 2 fully saturated rings. The van der Waals surface area contributed by atoms with Gasteiger partial charge in [0.05, 0.1) is 5.92 Å². The van der Waals surface area contributed by atoms with E-state index < -0.39 is 0 Å². The first-order valence-corrected chi connectivity index (χ1v) is 7.42. The van der Waals surface area contributed by atoms with E-state index in [9.17, 15) is 4.79 Å². The molecule has 100 valence electrons. The van der Waals surface area contributed by atoms with Gasteiger partial charge in [-0.1, -0.05) is 24.3 Å². The van der Waals surface area contributed by atoms with Crippen LogP contribution in [-0.4, -0.2) is 36.5 Å². The van der Waals surface area contributed by atoms with Crippen molar-refractivity contribution in [1.82, 2.24) is 10.2 Å². The molecule has 0 saturated carbocycles. The molecule has 4 rings (SSSR count). The Morgan fingerprint density at radius 2 is 2.11 bits per heavy atom. The molecule has 2 saturated heterocycles. The van der Waals surface area contributed by atoms with E-state index in [1.54, 1.807) is 0 Å². The molecule has 3 aliphatic rings. The third kappa shape index (κ3) is 1.88. The maximum absolute atomic E-state index is 12.5. The highest BCUT2D eigenvalue weighted by Gasteiger charge is 2.40. The number of hydrogen-bond acceptors (Lipinski definition) is 2. The van der Waals surface area contributed by atoms with Crippen molar-refractivity contribution in [2.24, 2.45) is 5.92 Å². The molecular formula is C16H20N2O. The zero-order valence-electron chi connectivity index (χ0n) is 11.1. The smallest absolute Gasteiger partial charge is 0.227 e. The highest BCUT2D eigenvalue weighted by Crippen LogP contribution is 2.34. The first-order chi connectivity index (χ1) is 9.31. The lowest BCUT2D eigenvalue weighted by atomic mass is 9.96. The number of fused-ring (bicyclic) bond motifs is 3. The van der Waals surface area contributed by atoms with Crippen molar-refractivity contribution >= 4 is 5.91 Å². The number of nitrogens with zero attached hydrogens (tertiary/aromatic N) is 1. The maximum Gasteiger partial charge on any atom is 0.227 e. The average molecular weight is 256 g/mol. The second kappa shape index (κ2) is 4.34. The highest BCUT2D eigenvalue weighted by molar-refractivity contribution is 5.85. The van der Waals surface area contributed by atoms with E-state index in [4.69, 9.17) is 0 Å². The molecule has 1 N–H and O–H groups in total. The summed E-state index contributed by atoms with van der Waals surface area (Å²) >= 11 is 0. The molecule has 2 heterocycles. The van der Waals surface area contributed by atoms with Gasteiger partial charge in [0.25, 0.3) is 0 Å². The van der Waals surface area contributed by atoms with Crippen LogP contribution in [-0.2, 0) is 11.2 Å². The largest absolute Gasteiger partial charge is 0.351 e. The first kappa shape index (κ1) is 11.5. The van der Waals surface area contributed by atoms with Gasteiger partial charge < -0.3 is 10.2 Å². The van der Waals surface area contributed by atoms with Crippen LogP contribution in [0.2, 0.25) is 0 Å². The van der Waals surface area contributed by atoms with Gasteiger partial charge in [0.1, 0.15) is 0 Å². The lowest BCUT2D eigenvalue weighted by molar-refractivity contribution is -0.123. The van der Waals surface area contributed by atoms with Gasteiger partial charge in [0.2, 0.25) is 5.91 Å². The minimum absolute atomic E-state index is 0.0883. The van der Waals surface area contributed by atoms with Crippen LogP contribution in [0.1, 0.15) is 29.9 Å².